The molecule has 6 heteroatoms. The number of rotatable bonds is 1. The van der Waals surface area contributed by atoms with Crippen LogP contribution in [-0.2, 0) is 20.8 Å². The highest BCUT2D eigenvalue weighted by atomic mass is 32.2. The summed E-state index contributed by atoms with van der Waals surface area (Å²) in [6, 6.07) is 0. The summed E-state index contributed by atoms with van der Waals surface area (Å²) in [5, 5.41) is 4.53. The lowest BCUT2D eigenvalue weighted by Gasteiger charge is -2.23. The van der Waals surface area contributed by atoms with E-state index >= 15 is 0 Å². The molecular formula is C12H21N3O2S. The summed E-state index contributed by atoms with van der Waals surface area (Å²) in [5.74, 6) is 0.374. The molecule has 0 saturated carbocycles. The number of hydrogen-bond donors (Lipinski definition) is 1. The third-order valence-electron chi connectivity index (χ3n) is 3.49. The van der Waals surface area contributed by atoms with E-state index in [-0.39, 0.29) is 16.9 Å². The lowest BCUT2D eigenvalue weighted by molar-refractivity contribution is 0.323. The molecule has 0 radical (unpaired) electrons. The molecule has 102 valence electrons. The molecule has 1 aromatic heterocycles. The molecule has 1 aliphatic heterocycles. The van der Waals surface area contributed by atoms with Crippen LogP contribution in [0, 0.1) is 0 Å². The standard InChI is InChI=1S/C12H21N3O2S/c1-11(2,3)10-9(13)7-15(14-10)12(4)5-6-18(16,17)8-12/h7H,5-6,8,13H2,1-4H3. The Balaban J connectivity index is 2.42. The Morgan fingerprint density at radius 1 is 1.44 bits per heavy atom. The summed E-state index contributed by atoms with van der Waals surface area (Å²) in [6.07, 6.45) is 2.36. The molecule has 2 N–H and O–H groups in total. The van der Waals surface area contributed by atoms with Gasteiger partial charge in [-0.3, -0.25) is 4.68 Å². The second kappa shape index (κ2) is 3.73. The van der Waals surface area contributed by atoms with Gasteiger partial charge in [-0.05, 0) is 13.3 Å². The fourth-order valence-corrected chi connectivity index (χ4v) is 4.54. The van der Waals surface area contributed by atoms with Crippen LogP contribution in [0.5, 0.6) is 0 Å². The van der Waals surface area contributed by atoms with E-state index in [1.54, 1.807) is 10.9 Å². The van der Waals surface area contributed by atoms with Crippen LogP contribution >= 0.6 is 0 Å². The van der Waals surface area contributed by atoms with Crippen molar-refractivity contribution in [2.45, 2.75) is 45.1 Å². The number of aromatic nitrogens is 2. The van der Waals surface area contributed by atoms with Crippen molar-refractivity contribution in [2.75, 3.05) is 17.2 Å². The largest absolute Gasteiger partial charge is 0.396 e. The van der Waals surface area contributed by atoms with E-state index in [1.807, 2.05) is 27.7 Å². The first-order chi connectivity index (χ1) is 8.04. The lowest BCUT2D eigenvalue weighted by atomic mass is 9.92. The van der Waals surface area contributed by atoms with Crippen molar-refractivity contribution in [1.29, 1.82) is 0 Å². The minimum atomic E-state index is -2.94. The number of anilines is 1. The van der Waals surface area contributed by atoms with Crippen molar-refractivity contribution < 1.29 is 8.42 Å². The molecule has 1 aromatic rings. The zero-order valence-corrected chi connectivity index (χ0v) is 12.2. The maximum atomic E-state index is 11.6. The van der Waals surface area contributed by atoms with E-state index in [2.05, 4.69) is 5.10 Å². The number of sulfone groups is 1. The molecule has 0 bridgehead atoms. The van der Waals surface area contributed by atoms with Crippen molar-refractivity contribution in [3.05, 3.63) is 11.9 Å². The highest BCUT2D eigenvalue weighted by Gasteiger charge is 2.41. The van der Waals surface area contributed by atoms with Crippen LogP contribution in [0.2, 0.25) is 0 Å². The Hall–Kier alpha value is -1.04. The predicted molar refractivity (Wildman–Crippen MR) is 72.3 cm³/mol. The minimum absolute atomic E-state index is 0.136. The molecule has 1 unspecified atom stereocenters. The molecule has 2 heterocycles. The third kappa shape index (κ3) is 2.25. The van der Waals surface area contributed by atoms with Crippen LogP contribution in [0.15, 0.2) is 6.20 Å². The quantitative estimate of drug-likeness (QED) is 0.835. The van der Waals surface area contributed by atoms with Gasteiger partial charge in [-0.2, -0.15) is 5.10 Å². The van der Waals surface area contributed by atoms with E-state index in [4.69, 9.17) is 5.73 Å². The second-order valence-corrected chi connectivity index (χ2v) is 8.65. The molecule has 1 saturated heterocycles. The minimum Gasteiger partial charge on any atom is -0.396 e. The van der Waals surface area contributed by atoms with E-state index < -0.39 is 15.4 Å². The highest BCUT2D eigenvalue weighted by molar-refractivity contribution is 7.91. The zero-order valence-electron chi connectivity index (χ0n) is 11.4. The van der Waals surface area contributed by atoms with Gasteiger partial charge in [0.05, 0.1) is 28.4 Å². The molecule has 0 spiro atoms. The average molecular weight is 271 g/mol. The number of nitrogens with zero attached hydrogens (tertiary/aromatic N) is 2. The van der Waals surface area contributed by atoms with E-state index in [0.29, 0.717) is 12.1 Å². The van der Waals surface area contributed by atoms with Crippen molar-refractivity contribution in [2.24, 2.45) is 0 Å². The van der Waals surface area contributed by atoms with Crippen LogP contribution in [0.1, 0.15) is 39.8 Å². The molecule has 18 heavy (non-hydrogen) atoms. The maximum absolute atomic E-state index is 11.6. The summed E-state index contributed by atoms with van der Waals surface area (Å²) in [6.45, 7) is 8.06. The second-order valence-electron chi connectivity index (χ2n) is 6.47. The van der Waals surface area contributed by atoms with Crippen molar-refractivity contribution >= 4 is 15.5 Å². The van der Waals surface area contributed by atoms with Gasteiger partial charge in [0.25, 0.3) is 0 Å². The van der Waals surface area contributed by atoms with E-state index in [1.165, 1.54) is 0 Å². The smallest absolute Gasteiger partial charge is 0.152 e. The first-order valence-corrected chi connectivity index (χ1v) is 7.92. The Morgan fingerprint density at radius 2 is 2.06 bits per heavy atom. The van der Waals surface area contributed by atoms with Crippen molar-refractivity contribution in [1.82, 2.24) is 9.78 Å². The normalized spacial score (nSPS) is 27.6. The lowest BCUT2D eigenvalue weighted by Crippen LogP contribution is -2.32. The summed E-state index contributed by atoms with van der Waals surface area (Å²) in [5.41, 5.74) is 6.85. The van der Waals surface area contributed by atoms with Crippen molar-refractivity contribution in [3.8, 4) is 0 Å². The SMILES string of the molecule is CC(C)(C)c1nn(C2(C)CCS(=O)(=O)C2)cc1N. The average Bonchev–Trinajstić information content (AvgIpc) is 2.68. The van der Waals surface area contributed by atoms with Gasteiger partial charge in [0, 0.05) is 11.6 Å². The van der Waals surface area contributed by atoms with Crippen LogP contribution in [0.3, 0.4) is 0 Å². The summed E-state index contributed by atoms with van der Waals surface area (Å²) in [7, 11) is -2.94. The monoisotopic (exact) mass is 271 g/mol. The molecule has 1 fully saturated rings. The van der Waals surface area contributed by atoms with Gasteiger partial charge in [-0.1, -0.05) is 20.8 Å². The fraction of sp³-hybridized carbons (Fsp3) is 0.750. The van der Waals surface area contributed by atoms with Gasteiger partial charge in [0.2, 0.25) is 0 Å². The Labute approximate surface area is 108 Å². The molecule has 1 atom stereocenters. The molecule has 0 amide bonds. The molecule has 5 nitrogen and oxygen atoms in total. The number of hydrogen-bond acceptors (Lipinski definition) is 4. The fourth-order valence-electron chi connectivity index (χ4n) is 2.42. The summed E-state index contributed by atoms with van der Waals surface area (Å²) < 4.78 is 25.0. The van der Waals surface area contributed by atoms with Crippen molar-refractivity contribution in [3.63, 3.8) is 0 Å². The highest BCUT2D eigenvalue weighted by Crippen LogP contribution is 2.33. The summed E-state index contributed by atoms with van der Waals surface area (Å²) >= 11 is 0. The molecule has 0 aromatic carbocycles. The molecule has 0 aliphatic carbocycles. The zero-order chi connectivity index (χ0) is 13.8. The first kappa shape index (κ1) is 13.4. The van der Waals surface area contributed by atoms with Gasteiger partial charge in [-0.15, -0.1) is 0 Å². The van der Waals surface area contributed by atoms with E-state index in [9.17, 15) is 8.42 Å². The predicted octanol–water partition coefficient (Wildman–Crippen LogP) is 1.30. The first-order valence-electron chi connectivity index (χ1n) is 6.10. The van der Waals surface area contributed by atoms with E-state index in [0.717, 1.165) is 5.69 Å². The maximum Gasteiger partial charge on any atom is 0.152 e. The Bertz CT molecular complexity index is 569. The van der Waals surface area contributed by atoms with Crippen LogP contribution in [0.25, 0.3) is 0 Å². The number of nitrogens with two attached hydrogens (primary N) is 1. The van der Waals surface area contributed by atoms with Crippen LogP contribution < -0.4 is 5.73 Å². The molecular weight excluding hydrogens is 250 g/mol. The van der Waals surface area contributed by atoms with Crippen LogP contribution in [0.4, 0.5) is 5.69 Å². The van der Waals surface area contributed by atoms with Gasteiger partial charge >= 0.3 is 0 Å². The summed E-state index contributed by atoms with van der Waals surface area (Å²) in [4.78, 5) is 0. The number of nitrogen functional groups attached to an aromatic ring is 1. The molecule has 1 aliphatic rings. The molecule has 2 rings (SSSR count). The Morgan fingerprint density at radius 3 is 2.44 bits per heavy atom. The van der Waals surface area contributed by atoms with Gasteiger partial charge in [-0.25, -0.2) is 8.42 Å². The van der Waals surface area contributed by atoms with Gasteiger partial charge in [0.15, 0.2) is 9.84 Å². The third-order valence-corrected chi connectivity index (χ3v) is 5.38. The van der Waals surface area contributed by atoms with Gasteiger partial charge in [0.1, 0.15) is 0 Å². The van der Waals surface area contributed by atoms with Gasteiger partial charge < -0.3 is 5.73 Å². The topological polar surface area (TPSA) is 78.0 Å². The van der Waals surface area contributed by atoms with Crippen LogP contribution in [-0.4, -0.2) is 29.7 Å². The Kier molecular flexibility index (Phi) is 2.77.